The zero-order valence-corrected chi connectivity index (χ0v) is 10.6. The molecule has 1 heterocycles. The highest BCUT2D eigenvalue weighted by molar-refractivity contribution is 5.58. The maximum absolute atomic E-state index is 10.9. The van der Waals surface area contributed by atoms with Gasteiger partial charge in [-0.15, -0.1) is 0 Å². The molecule has 19 heavy (non-hydrogen) atoms. The average Bonchev–Trinajstić information content (AvgIpc) is 3.03. The van der Waals surface area contributed by atoms with Crippen LogP contribution >= 0.6 is 0 Å². The minimum atomic E-state index is -0.440. The number of nitrogens with one attached hydrogen (secondary N) is 2. The van der Waals surface area contributed by atoms with Crippen molar-refractivity contribution in [2.45, 2.75) is 50.6 Å². The lowest BCUT2D eigenvalue weighted by Gasteiger charge is -2.12. The predicted molar refractivity (Wildman–Crippen MR) is 71.2 cm³/mol. The summed E-state index contributed by atoms with van der Waals surface area (Å²) in [6.45, 7) is 0. The summed E-state index contributed by atoms with van der Waals surface area (Å²) in [6, 6.07) is 0.725. The van der Waals surface area contributed by atoms with Crippen LogP contribution in [-0.4, -0.2) is 27.0 Å². The van der Waals surface area contributed by atoms with E-state index in [0.29, 0.717) is 23.8 Å². The molecule has 7 nitrogen and oxygen atoms in total. The Balaban J connectivity index is 1.78. The third-order valence-electron chi connectivity index (χ3n) is 3.57. The summed E-state index contributed by atoms with van der Waals surface area (Å²) in [4.78, 5) is 18.8. The summed E-state index contributed by atoms with van der Waals surface area (Å²) in [6.07, 6.45) is 8.06. The molecule has 2 aliphatic rings. The molecule has 2 aliphatic carbocycles. The minimum Gasteiger partial charge on any atom is -0.361 e. The number of nitro groups is 1. The molecule has 0 spiro atoms. The van der Waals surface area contributed by atoms with Crippen molar-refractivity contribution in [3.63, 3.8) is 0 Å². The van der Waals surface area contributed by atoms with Gasteiger partial charge in [-0.05, 0) is 25.7 Å². The lowest BCUT2D eigenvalue weighted by Crippen LogP contribution is -2.17. The van der Waals surface area contributed by atoms with Gasteiger partial charge in [0.15, 0.2) is 0 Å². The van der Waals surface area contributed by atoms with E-state index in [9.17, 15) is 10.1 Å². The van der Waals surface area contributed by atoms with Gasteiger partial charge in [0.2, 0.25) is 11.8 Å². The van der Waals surface area contributed by atoms with Crippen LogP contribution in [0.1, 0.15) is 38.5 Å². The second kappa shape index (κ2) is 4.99. The van der Waals surface area contributed by atoms with Crippen molar-refractivity contribution in [3.05, 3.63) is 16.3 Å². The first-order valence-electron chi connectivity index (χ1n) is 6.77. The summed E-state index contributed by atoms with van der Waals surface area (Å²) in [5, 5.41) is 17.3. The van der Waals surface area contributed by atoms with E-state index in [1.165, 1.54) is 19.0 Å². The van der Waals surface area contributed by atoms with Gasteiger partial charge in [-0.3, -0.25) is 10.1 Å². The summed E-state index contributed by atoms with van der Waals surface area (Å²) in [5.41, 5.74) is -0.0520. The first kappa shape index (κ1) is 12.1. The van der Waals surface area contributed by atoms with E-state index < -0.39 is 4.92 Å². The Morgan fingerprint density at radius 2 is 1.84 bits per heavy atom. The SMILES string of the molecule is O=[N+]([O-])c1cnc(NC2CCCC2)nc1NC1CC1. The quantitative estimate of drug-likeness (QED) is 0.625. The fourth-order valence-corrected chi connectivity index (χ4v) is 2.36. The molecule has 1 aromatic rings. The molecule has 7 heteroatoms. The van der Waals surface area contributed by atoms with E-state index in [-0.39, 0.29) is 5.69 Å². The van der Waals surface area contributed by atoms with Crippen LogP contribution in [0.2, 0.25) is 0 Å². The first-order chi connectivity index (χ1) is 9.22. The molecule has 102 valence electrons. The van der Waals surface area contributed by atoms with Crippen molar-refractivity contribution >= 4 is 17.5 Å². The molecule has 0 saturated heterocycles. The number of anilines is 2. The highest BCUT2D eigenvalue weighted by Gasteiger charge is 2.27. The minimum absolute atomic E-state index is 0.0520. The third-order valence-corrected chi connectivity index (χ3v) is 3.57. The van der Waals surface area contributed by atoms with Gasteiger partial charge in [0.1, 0.15) is 6.20 Å². The number of nitrogens with zero attached hydrogens (tertiary/aromatic N) is 3. The summed E-state index contributed by atoms with van der Waals surface area (Å²) in [5.74, 6) is 0.823. The smallest absolute Gasteiger partial charge is 0.329 e. The zero-order valence-electron chi connectivity index (χ0n) is 10.6. The second-order valence-electron chi connectivity index (χ2n) is 5.23. The molecule has 0 bridgehead atoms. The normalized spacial score (nSPS) is 19.4. The highest BCUT2D eigenvalue weighted by Crippen LogP contribution is 2.30. The first-order valence-corrected chi connectivity index (χ1v) is 6.77. The number of hydrogen-bond acceptors (Lipinski definition) is 6. The van der Waals surface area contributed by atoms with Gasteiger partial charge < -0.3 is 10.6 Å². The largest absolute Gasteiger partial charge is 0.361 e. The molecular weight excluding hydrogens is 246 g/mol. The van der Waals surface area contributed by atoms with Crippen LogP contribution < -0.4 is 10.6 Å². The van der Waals surface area contributed by atoms with Gasteiger partial charge in [-0.25, -0.2) is 4.98 Å². The molecule has 2 N–H and O–H groups in total. The molecule has 0 radical (unpaired) electrons. The Morgan fingerprint density at radius 3 is 2.47 bits per heavy atom. The fourth-order valence-electron chi connectivity index (χ4n) is 2.36. The van der Waals surface area contributed by atoms with Crippen LogP contribution in [-0.2, 0) is 0 Å². The van der Waals surface area contributed by atoms with Gasteiger partial charge in [0, 0.05) is 12.1 Å². The Labute approximate surface area is 111 Å². The van der Waals surface area contributed by atoms with Crippen LogP contribution in [0.25, 0.3) is 0 Å². The lowest BCUT2D eigenvalue weighted by atomic mass is 10.2. The van der Waals surface area contributed by atoms with Crippen molar-refractivity contribution in [2.24, 2.45) is 0 Å². The van der Waals surface area contributed by atoms with Gasteiger partial charge in [-0.1, -0.05) is 12.8 Å². The van der Waals surface area contributed by atoms with Crippen LogP contribution in [0.5, 0.6) is 0 Å². The van der Waals surface area contributed by atoms with Crippen LogP contribution in [0.15, 0.2) is 6.20 Å². The molecule has 1 aromatic heterocycles. The van der Waals surface area contributed by atoms with Crippen LogP contribution in [0.4, 0.5) is 17.5 Å². The Hall–Kier alpha value is -1.92. The van der Waals surface area contributed by atoms with Gasteiger partial charge >= 0.3 is 5.69 Å². The summed E-state index contributed by atoms with van der Waals surface area (Å²) < 4.78 is 0. The van der Waals surface area contributed by atoms with E-state index in [1.54, 1.807) is 0 Å². The molecule has 0 aliphatic heterocycles. The van der Waals surface area contributed by atoms with Crippen LogP contribution in [0.3, 0.4) is 0 Å². The molecule has 3 rings (SSSR count). The Bertz CT molecular complexity index is 483. The highest BCUT2D eigenvalue weighted by atomic mass is 16.6. The molecule has 0 aromatic carbocycles. The maximum Gasteiger partial charge on any atom is 0.329 e. The number of rotatable bonds is 5. The van der Waals surface area contributed by atoms with Crippen molar-refractivity contribution in [1.29, 1.82) is 0 Å². The van der Waals surface area contributed by atoms with Crippen molar-refractivity contribution in [3.8, 4) is 0 Å². The van der Waals surface area contributed by atoms with Gasteiger partial charge in [0.05, 0.1) is 4.92 Å². The number of hydrogen-bond donors (Lipinski definition) is 2. The van der Waals surface area contributed by atoms with Crippen molar-refractivity contribution in [2.75, 3.05) is 10.6 Å². The van der Waals surface area contributed by atoms with E-state index >= 15 is 0 Å². The van der Waals surface area contributed by atoms with Crippen molar-refractivity contribution in [1.82, 2.24) is 9.97 Å². The molecule has 0 unspecified atom stereocenters. The lowest BCUT2D eigenvalue weighted by molar-refractivity contribution is -0.384. The number of aromatic nitrogens is 2. The van der Waals surface area contributed by atoms with E-state index in [0.717, 1.165) is 25.7 Å². The molecular formula is C12H17N5O2. The maximum atomic E-state index is 10.9. The predicted octanol–water partition coefficient (Wildman–Crippen LogP) is 2.31. The molecule has 2 saturated carbocycles. The second-order valence-corrected chi connectivity index (χ2v) is 5.23. The zero-order chi connectivity index (χ0) is 13.2. The molecule has 0 amide bonds. The Morgan fingerprint density at radius 1 is 1.16 bits per heavy atom. The third kappa shape index (κ3) is 2.91. The monoisotopic (exact) mass is 263 g/mol. The van der Waals surface area contributed by atoms with Gasteiger partial charge in [-0.2, -0.15) is 4.98 Å². The fraction of sp³-hybridized carbons (Fsp3) is 0.667. The Kier molecular flexibility index (Phi) is 3.18. The van der Waals surface area contributed by atoms with Gasteiger partial charge in [0.25, 0.3) is 0 Å². The standard InChI is InChI=1S/C12H17N5O2/c18-17(19)10-7-13-12(15-8-3-1-2-4-8)16-11(10)14-9-5-6-9/h7-9H,1-6H2,(H2,13,14,15,16). The van der Waals surface area contributed by atoms with Crippen LogP contribution in [0, 0.1) is 10.1 Å². The summed E-state index contributed by atoms with van der Waals surface area (Å²) in [7, 11) is 0. The summed E-state index contributed by atoms with van der Waals surface area (Å²) >= 11 is 0. The van der Waals surface area contributed by atoms with Crippen molar-refractivity contribution < 1.29 is 4.92 Å². The van der Waals surface area contributed by atoms with E-state index in [1.807, 2.05) is 0 Å². The topological polar surface area (TPSA) is 93.0 Å². The molecule has 2 fully saturated rings. The molecule has 0 atom stereocenters. The average molecular weight is 263 g/mol. The van der Waals surface area contributed by atoms with E-state index in [2.05, 4.69) is 20.6 Å². The van der Waals surface area contributed by atoms with E-state index in [4.69, 9.17) is 0 Å².